The van der Waals surface area contributed by atoms with Crippen LogP contribution in [0.4, 0.5) is 4.39 Å². The lowest BCUT2D eigenvalue weighted by Gasteiger charge is -2.22. The molecule has 6 heteroatoms. The van der Waals surface area contributed by atoms with Crippen LogP contribution in [-0.2, 0) is 0 Å². The Morgan fingerprint density at radius 1 is 1.42 bits per heavy atom. The molecule has 2 heterocycles. The van der Waals surface area contributed by atoms with E-state index in [1.165, 1.54) is 6.07 Å². The highest BCUT2D eigenvalue weighted by atomic mass is 19.1. The van der Waals surface area contributed by atoms with Crippen LogP contribution < -0.4 is 5.32 Å². The SMILES string of the molecule is O=C(NCCCCN1CCCC1CO)c1cc2c(F)cccc2[nH]1. The lowest BCUT2D eigenvalue weighted by molar-refractivity contribution is 0.0948. The number of hydrogen-bond donors (Lipinski definition) is 3. The van der Waals surface area contributed by atoms with Crippen LogP contribution in [0.5, 0.6) is 0 Å². The number of aromatic amines is 1. The molecule has 1 aromatic heterocycles. The van der Waals surface area contributed by atoms with Gasteiger partial charge < -0.3 is 15.4 Å². The quantitative estimate of drug-likeness (QED) is 0.681. The zero-order chi connectivity index (χ0) is 16.9. The highest BCUT2D eigenvalue weighted by Gasteiger charge is 2.22. The van der Waals surface area contributed by atoms with E-state index in [2.05, 4.69) is 15.2 Å². The highest BCUT2D eigenvalue weighted by molar-refractivity contribution is 5.98. The summed E-state index contributed by atoms with van der Waals surface area (Å²) >= 11 is 0. The first-order chi connectivity index (χ1) is 11.7. The minimum Gasteiger partial charge on any atom is -0.395 e. The summed E-state index contributed by atoms with van der Waals surface area (Å²) < 4.78 is 13.6. The molecular weight excluding hydrogens is 309 g/mol. The van der Waals surface area contributed by atoms with Crippen molar-refractivity contribution >= 4 is 16.8 Å². The Balaban J connectivity index is 1.43. The zero-order valence-corrected chi connectivity index (χ0v) is 13.7. The van der Waals surface area contributed by atoms with E-state index in [9.17, 15) is 14.3 Å². The van der Waals surface area contributed by atoms with Crippen molar-refractivity contribution in [2.75, 3.05) is 26.2 Å². The molecule has 0 saturated carbocycles. The second-order valence-corrected chi connectivity index (χ2v) is 6.36. The first-order valence-corrected chi connectivity index (χ1v) is 8.59. The van der Waals surface area contributed by atoms with Crippen LogP contribution >= 0.6 is 0 Å². The molecule has 0 spiro atoms. The number of aromatic nitrogens is 1. The molecule has 0 bridgehead atoms. The van der Waals surface area contributed by atoms with Crippen LogP contribution in [0.25, 0.3) is 10.9 Å². The second kappa shape index (κ2) is 7.77. The van der Waals surface area contributed by atoms with Crippen molar-refractivity contribution in [3.05, 3.63) is 35.8 Å². The normalized spacial score (nSPS) is 18.3. The van der Waals surface area contributed by atoms with E-state index in [4.69, 9.17) is 0 Å². The van der Waals surface area contributed by atoms with Crippen LogP contribution in [0, 0.1) is 5.82 Å². The van der Waals surface area contributed by atoms with Crippen molar-refractivity contribution in [2.45, 2.75) is 31.7 Å². The minimum absolute atomic E-state index is 0.208. The molecule has 1 aliphatic heterocycles. The Morgan fingerprint density at radius 2 is 2.29 bits per heavy atom. The van der Waals surface area contributed by atoms with Gasteiger partial charge in [0, 0.05) is 23.5 Å². The van der Waals surface area contributed by atoms with Gasteiger partial charge in [0.25, 0.3) is 5.91 Å². The Morgan fingerprint density at radius 3 is 3.08 bits per heavy atom. The number of unbranched alkanes of at least 4 members (excludes halogenated alkanes) is 1. The number of carbonyl (C=O) groups is 1. The fraction of sp³-hybridized carbons (Fsp3) is 0.500. The third kappa shape index (κ3) is 3.76. The maximum atomic E-state index is 13.6. The van der Waals surface area contributed by atoms with Gasteiger partial charge in [-0.1, -0.05) is 6.07 Å². The summed E-state index contributed by atoms with van der Waals surface area (Å²) in [5, 5.41) is 12.6. The minimum atomic E-state index is -0.327. The summed E-state index contributed by atoms with van der Waals surface area (Å²) in [6.45, 7) is 2.83. The van der Waals surface area contributed by atoms with E-state index >= 15 is 0 Å². The molecule has 1 atom stereocenters. The molecule has 1 amide bonds. The van der Waals surface area contributed by atoms with Crippen molar-refractivity contribution in [3.8, 4) is 0 Å². The Labute approximate surface area is 140 Å². The largest absolute Gasteiger partial charge is 0.395 e. The number of fused-ring (bicyclic) bond motifs is 1. The average Bonchev–Trinajstić information content (AvgIpc) is 3.21. The lowest BCUT2D eigenvalue weighted by atomic mass is 10.2. The Bertz CT molecular complexity index is 701. The number of rotatable bonds is 7. The molecule has 0 radical (unpaired) electrons. The van der Waals surface area contributed by atoms with Crippen LogP contribution in [-0.4, -0.2) is 53.2 Å². The predicted octanol–water partition coefficient (Wildman–Crippen LogP) is 2.27. The van der Waals surface area contributed by atoms with Crippen LogP contribution in [0.15, 0.2) is 24.3 Å². The topological polar surface area (TPSA) is 68.4 Å². The Hall–Kier alpha value is -1.92. The van der Waals surface area contributed by atoms with Gasteiger partial charge in [-0.25, -0.2) is 4.39 Å². The number of likely N-dealkylation sites (tertiary alicyclic amines) is 1. The van der Waals surface area contributed by atoms with Crippen molar-refractivity contribution in [3.63, 3.8) is 0 Å². The van der Waals surface area contributed by atoms with Crippen LogP contribution in [0.1, 0.15) is 36.2 Å². The molecule has 1 fully saturated rings. The summed E-state index contributed by atoms with van der Waals surface area (Å²) in [4.78, 5) is 17.4. The summed E-state index contributed by atoms with van der Waals surface area (Å²) in [6.07, 6.45) is 4.09. The number of H-pyrrole nitrogens is 1. The molecule has 130 valence electrons. The van der Waals surface area contributed by atoms with Crippen molar-refractivity contribution in [1.82, 2.24) is 15.2 Å². The van der Waals surface area contributed by atoms with Crippen LogP contribution in [0.3, 0.4) is 0 Å². The van der Waals surface area contributed by atoms with Gasteiger partial charge >= 0.3 is 0 Å². The maximum Gasteiger partial charge on any atom is 0.267 e. The lowest BCUT2D eigenvalue weighted by Crippen LogP contribution is -2.33. The monoisotopic (exact) mass is 333 g/mol. The highest BCUT2D eigenvalue weighted by Crippen LogP contribution is 2.19. The molecule has 0 aliphatic carbocycles. The number of benzene rings is 1. The van der Waals surface area contributed by atoms with Gasteiger partial charge in [-0.15, -0.1) is 0 Å². The first kappa shape index (κ1) is 16.9. The van der Waals surface area contributed by atoms with E-state index in [1.807, 2.05) is 0 Å². The molecule has 24 heavy (non-hydrogen) atoms. The smallest absolute Gasteiger partial charge is 0.267 e. The van der Waals surface area contributed by atoms with Gasteiger partial charge in [0.2, 0.25) is 0 Å². The summed E-state index contributed by atoms with van der Waals surface area (Å²) in [5.41, 5.74) is 1.01. The van der Waals surface area contributed by atoms with Crippen molar-refractivity contribution in [1.29, 1.82) is 0 Å². The zero-order valence-electron chi connectivity index (χ0n) is 13.7. The van der Waals surface area contributed by atoms with Crippen molar-refractivity contribution in [2.24, 2.45) is 0 Å². The van der Waals surface area contributed by atoms with E-state index in [1.54, 1.807) is 18.2 Å². The number of aliphatic hydroxyl groups is 1. The molecule has 1 unspecified atom stereocenters. The molecule has 1 aliphatic rings. The molecule has 5 nitrogen and oxygen atoms in total. The van der Waals surface area contributed by atoms with Gasteiger partial charge in [-0.05, 0) is 57.0 Å². The van der Waals surface area contributed by atoms with E-state index in [-0.39, 0.29) is 18.3 Å². The van der Waals surface area contributed by atoms with E-state index in [0.29, 0.717) is 29.2 Å². The van der Waals surface area contributed by atoms with Crippen molar-refractivity contribution < 1.29 is 14.3 Å². The average molecular weight is 333 g/mol. The predicted molar refractivity (Wildman–Crippen MR) is 91.5 cm³/mol. The van der Waals surface area contributed by atoms with E-state index in [0.717, 1.165) is 38.8 Å². The third-order valence-electron chi connectivity index (χ3n) is 4.72. The first-order valence-electron chi connectivity index (χ1n) is 8.59. The number of aliphatic hydroxyl groups excluding tert-OH is 1. The van der Waals surface area contributed by atoms with E-state index < -0.39 is 0 Å². The molecule has 2 aromatic rings. The number of carbonyl (C=O) groups excluding carboxylic acids is 1. The summed E-state index contributed by atoms with van der Waals surface area (Å²) in [5.74, 6) is -0.535. The molecule has 1 saturated heterocycles. The van der Waals surface area contributed by atoms with Gasteiger partial charge in [-0.2, -0.15) is 0 Å². The maximum absolute atomic E-state index is 13.6. The van der Waals surface area contributed by atoms with Crippen LogP contribution in [0.2, 0.25) is 0 Å². The number of nitrogens with one attached hydrogen (secondary N) is 2. The van der Waals surface area contributed by atoms with Gasteiger partial charge in [0.15, 0.2) is 0 Å². The third-order valence-corrected chi connectivity index (χ3v) is 4.72. The Kier molecular flexibility index (Phi) is 5.48. The standard InChI is InChI=1S/C18H24FN3O2/c19-15-6-3-7-16-14(15)11-17(21-16)18(24)20-8-1-2-9-22-10-4-5-13(22)12-23/h3,6-7,11,13,21,23H,1-2,4-5,8-10,12H2,(H,20,24). The number of hydrogen-bond acceptors (Lipinski definition) is 3. The van der Waals surface area contributed by atoms with Gasteiger partial charge in [0.1, 0.15) is 11.5 Å². The molecule has 3 rings (SSSR count). The number of nitrogens with zero attached hydrogens (tertiary/aromatic N) is 1. The summed E-state index contributed by atoms with van der Waals surface area (Å²) in [6, 6.07) is 6.61. The van der Waals surface area contributed by atoms with Gasteiger partial charge in [-0.3, -0.25) is 9.69 Å². The fourth-order valence-corrected chi connectivity index (χ4v) is 3.37. The number of halogens is 1. The molecule has 1 aromatic carbocycles. The molecule has 3 N–H and O–H groups in total. The fourth-order valence-electron chi connectivity index (χ4n) is 3.37. The second-order valence-electron chi connectivity index (χ2n) is 6.36. The number of amides is 1. The summed E-state index contributed by atoms with van der Waals surface area (Å²) in [7, 11) is 0. The van der Waals surface area contributed by atoms with Gasteiger partial charge in [0.05, 0.1) is 6.61 Å². The molecular formula is C18H24FN3O2.